The van der Waals surface area contributed by atoms with Gasteiger partial charge in [-0.15, -0.1) is 0 Å². The topological polar surface area (TPSA) is 106 Å². The number of ether oxygens (including phenoxy) is 2. The molecule has 13 heteroatoms. The van der Waals surface area contributed by atoms with Crippen LogP contribution in [0.3, 0.4) is 0 Å². The molecule has 150 valence electrons. The van der Waals surface area contributed by atoms with E-state index in [9.17, 15) is 21.6 Å². The lowest BCUT2D eigenvalue weighted by Crippen LogP contribution is -2.15. The van der Waals surface area contributed by atoms with Crippen LogP contribution in [-0.4, -0.2) is 43.5 Å². The Hall–Kier alpha value is -2.73. The zero-order valence-corrected chi connectivity index (χ0v) is 15.6. The van der Waals surface area contributed by atoms with Crippen LogP contribution < -0.4 is 14.2 Å². The molecule has 0 aromatic carbocycles. The normalized spacial score (nSPS) is 11.8. The van der Waals surface area contributed by atoms with Gasteiger partial charge >= 0.3 is 0 Å². The van der Waals surface area contributed by atoms with E-state index in [0.717, 1.165) is 7.11 Å². The minimum absolute atomic E-state index is 0.165. The maximum atomic E-state index is 14.1. The number of nitrogens with zero attached hydrogens (tertiary/aromatic N) is 2. The van der Waals surface area contributed by atoms with Gasteiger partial charge in [0.05, 0.1) is 7.11 Å². The second kappa shape index (κ2) is 7.72. The van der Waals surface area contributed by atoms with Crippen LogP contribution in [0.15, 0.2) is 29.3 Å². The van der Waals surface area contributed by atoms with Gasteiger partial charge in [-0.2, -0.15) is 4.98 Å². The van der Waals surface area contributed by atoms with Gasteiger partial charge in [0.15, 0.2) is 12.4 Å². The Morgan fingerprint density at radius 1 is 1.29 bits per heavy atom. The summed E-state index contributed by atoms with van der Waals surface area (Å²) >= 11 is 5.77. The van der Waals surface area contributed by atoms with Gasteiger partial charge in [-0.25, -0.2) is 26.6 Å². The molecule has 0 fully saturated rings. The van der Waals surface area contributed by atoms with E-state index in [0.29, 0.717) is 6.07 Å². The Balaban J connectivity index is 1.96. The van der Waals surface area contributed by atoms with Crippen molar-refractivity contribution in [3.8, 4) is 11.8 Å². The third-order valence-corrected chi connectivity index (χ3v) is 5.06. The molecule has 0 aliphatic rings. The number of aromatic nitrogens is 3. The predicted octanol–water partition coefficient (Wildman–Crippen LogP) is 3.20. The highest BCUT2D eigenvalue weighted by Crippen LogP contribution is 2.31. The second-order valence-electron chi connectivity index (χ2n) is 5.32. The number of pyridine rings is 2. The smallest absolute Gasteiger partial charge is 0.272 e. The number of alkyl halides is 2. The van der Waals surface area contributed by atoms with Gasteiger partial charge in [-0.1, -0.05) is 11.6 Å². The monoisotopic (exact) mass is 436 g/mol. The average Bonchev–Trinajstić information content (AvgIpc) is 3.04. The molecule has 0 spiro atoms. The maximum Gasteiger partial charge on any atom is 0.272 e. The van der Waals surface area contributed by atoms with Crippen LogP contribution >= 0.6 is 11.6 Å². The lowest BCUT2D eigenvalue weighted by Gasteiger charge is -2.13. The number of anilines is 1. The highest BCUT2D eigenvalue weighted by atomic mass is 35.5. The van der Waals surface area contributed by atoms with Crippen molar-refractivity contribution in [2.75, 3.05) is 18.4 Å². The largest absolute Gasteiger partial charge is 0.479 e. The molecule has 2 N–H and O–H groups in total. The van der Waals surface area contributed by atoms with Crippen LogP contribution in [0, 0.1) is 5.82 Å². The number of nitrogens with one attached hydrogen (secondary N) is 2. The van der Waals surface area contributed by atoms with E-state index in [1.54, 1.807) is 0 Å². The second-order valence-corrected chi connectivity index (χ2v) is 7.36. The summed E-state index contributed by atoms with van der Waals surface area (Å²) in [6.07, 6.45) is -1.65. The summed E-state index contributed by atoms with van der Waals surface area (Å²) in [7, 11) is -3.06. The number of H-pyrrole nitrogens is 1. The molecular formula is C15H12ClF3N4O4S. The zero-order chi connectivity index (χ0) is 20.5. The van der Waals surface area contributed by atoms with Crippen LogP contribution in [0.4, 0.5) is 18.9 Å². The van der Waals surface area contributed by atoms with Crippen LogP contribution in [0.25, 0.3) is 11.0 Å². The fourth-order valence-corrected chi connectivity index (χ4v) is 3.67. The van der Waals surface area contributed by atoms with E-state index < -0.39 is 34.8 Å². The quantitative estimate of drug-likeness (QED) is 0.551. The Morgan fingerprint density at radius 2 is 2.04 bits per heavy atom. The van der Waals surface area contributed by atoms with Crippen LogP contribution in [-0.2, 0) is 10.0 Å². The molecule has 0 bridgehead atoms. The third-order valence-electron chi connectivity index (χ3n) is 3.45. The van der Waals surface area contributed by atoms with Gasteiger partial charge in [-0.05, 0) is 12.1 Å². The number of aromatic amines is 1. The summed E-state index contributed by atoms with van der Waals surface area (Å²) in [6.45, 7) is -1.08. The number of hydrogen-bond donors (Lipinski definition) is 2. The molecule has 0 amide bonds. The molecule has 3 rings (SSSR count). The standard InChI is InChI=1S/C15H12ClF3N4O4S/c1-26-15-9(4-8(17)14(22-15)27-6-12(18)19)23-28(24,25)10-5-20-13-7(10)2-3-11(16)21-13/h2-5,12,23H,6H2,1H3,(H,20,21). The van der Waals surface area contributed by atoms with E-state index in [1.165, 1.54) is 18.3 Å². The molecule has 3 aromatic rings. The molecule has 28 heavy (non-hydrogen) atoms. The molecule has 3 aromatic heterocycles. The first-order valence-electron chi connectivity index (χ1n) is 7.53. The van der Waals surface area contributed by atoms with E-state index in [4.69, 9.17) is 16.3 Å². The first-order chi connectivity index (χ1) is 13.2. The molecule has 0 aliphatic carbocycles. The van der Waals surface area contributed by atoms with Crippen molar-refractivity contribution < 1.29 is 31.1 Å². The Bertz CT molecular complexity index is 1120. The number of fused-ring (bicyclic) bond motifs is 1. The van der Waals surface area contributed by atoms with Crippen molar-refractivity contribution in [3.63, 3.8) is 0 Å². The summed E-state index contributed by atoms with van der Waals surface area (Å²) in [5, 5.41) is 0.416. The maximum absolute atomic E-state index is 14.1. The highest BCUT2D eigenvalue weighted by molar-refractivity contribution is 7.93. The van der Waals surface area contributed by atoms with E-state index in [1.807, 2.05) is 0 Å². The first-order valence-corrected chi connectivity index (χ1v) is 9.39. The lowest BCUT2D eigenvalue weighted by atomic mass is 10.3. The minimum atomic E-state index is -4.21. The van der Waals surface area contributed by atoms with E-state index in [2.05, 4.69) is 24.4 Å². The molecule has 0 atom stereocenters. The minimum Gasteiger partial charge on any atom is -0.479 e. The van der Waals surface area contributed by atoms with Crippen molar-refractivity contribution in [1.82, 2.24) is 15.0 Å². The summed E-state index contributed by atoms with van der Waals surface area (Å²) in [5.41, 5.74) is -0.111. The highest BCUT2D eigenvalue weighted by Gasteiger charge is 2.24. The van der Waals surface area contributed by atoms with E-state index in [-0.39, 0.29) is 32.6 Å². The van der Waals surface area contributed by atoms with Crippen LogP contribution in [0.1, 0.15) is 0 Å². The summed E-state index contributed by atoms with van der Waals surface area (Å²) in [6, 6.07) is 3.58. The van der Waals surface area contributed by atoms with Crippen LogP contribution in [0.2, 0.25) is 5.15 Å². The van der Waals surface area contributed by atoms with Crippen LogP contribution in [0.5, 0.6) is 11.8 Å². The molecule has 0 aliphatic heterocycles. The number of sulfonamides is 1. The van der Waals surface area contributed by atoms with Gasteiger partial charge < -0.3 is 14.5 Å². The average molecular weight is 437 g/mol. The summed E-state index contributed by atoms with van der Waals surface area (Å²) in [5.74, 6) is -2.26. The van der Waals surface area contributed by atoms with Gasteiger partial charge in [0.2, 0.25) is 5.88 Å². The zero-order valence-electron chi connectivity index (χ0n) is 14.0. The van der Waals surface area contributed by atoms with Crippen molar-refractivity contribution in [3.05, 3.63) is 35.4 Å². The van der Waals surface area contributed by atoms with Gasteiger partial charge in [0, 0.05) is 17.6 Å². The first kappa shape index (κ1) is 20.0. The molecular weight excluding hydrogens is 425 g/mol. The number of hydrogen-bond acceptors (Lipinski definition) is 6. The molecule has 0 saturated heterocycles. The number of rotatable bonds is 7. The number of halogens is 4. The Kier molecular flexibility index (Phi) is 5.52. The van der Waals surface area contributed by atoms with Gasteiger partial charge in [0.1, 0.15) is 21.4 Å². The SMILES string of the molecule is COc1nc(OCC(F)F)c(F)cc1NS(=O)(=O)c1c[nH]c2nc(Cl)ccc12. The van der Waals surface area contributed by atoms with E-state index >= 15 is 0 Å². The lowest BCUT2D eigenvalue weighted by molar-refractivity contribution is 0.0770. The van der Waals surface area contributed by atoms with Crippen molar-refractivity contribution in [2.24, 2.45) is 0 Å². The molecule has 3 heterocycles. The Labute approximate surface area is 161 Å². The summed E-state index contributed by atoms with van der Waals surface area (Å²) in [4.78, 5) is 10.0. The van der Waals surface area contributed by atoms with Crippen molar-refractivity contribution in [2.45, 2.75) is 11.3 Å². The van der Waals surface area contributed by atoms with Gasteiger partial charge in [-0.3, -0.25) is 4.72 Å². The van der Waals surface area contributed by atoms with Gasteiger partial charge in [0.25, 0.3) is 22.3 Å². The molecule has 0 unspecified atom stereocenters. The predicted molar refractivity (Wildman–Crippen MR) is 94.2 cm³/mol. The fourth-order valence-electron chi connectivity index (χ4n) is 2.31. The van der Waals surface area contributed by atoms with Crippen molar-refractivity contribution in [1.29, 1.82) is 0 Å². The molecule has 0 radical (unpaired) electrons. The third kappa shape index (κ3) is 4.07. The summed E-state index contributed by atoms with van der Waals surface area (Å²) < 4.78 is 75.6. The van der Waals surface area contributed by atoms with Crippen molar-refractivity contribution >= 4 is 38.3 Å². The number of methoxy groups -OCH3 is 1. The molecule has 8 nitrogen and oxygen atoms in total. The molecule has 0 saturated carbocycles. The fraction of sp³-hybridized carbons (Fsp3) is 0.200. The Morgan fingerprint density at radius 3 is 2.71 bits per heavy atom.